The van der Waals surface area contributed by atoms with Crippen LogP contribution in [0.4, 0.5) is 5.69 Å². The van der Waals surface area contributed by atoms with Crippen LogP contribution in [-0.4, -0.2) is 25.7 Å². The van der Waals surface area contributed by atoms with Gasteiger partial charge in [0, 0.05) is 11.3 Å². The van der Waals surface area contributed by atoms with Gasteiger partial charge in [-0.25, -0.2) is 4.52 Å². The first-order chi connectivity index (χ1) is 14.6. The van der Waals surface area contributed by atoms with Gasteiger partial charge in [0.1, 0.15) is 0 Å². The van der Waals surface area contributed by atoms with Crippen LogP contribution >= 0.6 is 0 Å². The van der Waals surface area contributed by atoms with Crippen LogP contribution in [0.25, 0.3) is 27.5 Å². The molecule has 5 aromatic rings. The number of nitrogens with zero attached hydrogens (tertiary/aromatic N) is 4. The van der Waals surface area contributed by atoms with Gasteiger partial charge in [0.05, 0.1) is 11.9 Å². The van der Waals surface area contributed by atoms with Gasteiger partial charge in [-0.2, -0.15) is 5.10 Å². The molecule has 0 aliphatic rings. The second-order valence-corrected chi connectivity index (χ2v) is 7.27. The van der Waals surface area contributed by atoms with Gasteiger partial charge in [-0.1, -0.05) is 60.2 Å². The quantitative estimate of drug-likeness (QED) is 0.477. The van der Waals surface area contributed by atoms with E-state index in [-0.39, 0.29) is 11.6 Å². The first kappa shape index (κ1) is 18.0. The van der Waals surface area contributed by atoms with Gasteiger partial charge in [0.15, 0.2) is 11.3 Å². The van der Waals surface area contributed by atoms with Gasteiger partial charge >= 0.3 is 0 Å². The summed E-state index contributed by atoms with van der Waals surface area (Å²) in [4.78, 5) is 12.8. The Morgan fingerprint density at radius 2 is 1.63 bits per heavy atom. The number of aromatic nitrogens is 4. The summed E-state index contributed by atoms with van der Waals surface area (Å²) in [5, 5.41) is 18.2. The Bertz CT molecular complexity index is 1400. The number of hydrogen-bond acceptors (Lipinski definition) is 4. The highest BCUT2D eigenvalue weighted by Crippen LogP contribution is 2.31. The van der Waals surface area contributed by atoms with E-state index in [2.05, 4.69) is 38.8 Å². The molecule has 146 valence electrons. The molecular weight excluding hydrogens is 374 g/mol. The average Bonchev–Trinajstić information content (AvgIpc) is 3.20. The summed E-state index contributed by atoms with van der Waals surface area (Å²) in [6, 6.07) is 22.0. The van der Waals surface area contributed by atoms with Crippen LogP contribution in [0.1, 0.15) is 21.7 Å². The van der Waals surface area contributed by atoms with Crippen molar-refractivity contribution in [2.75, 3.05) is 5.32 Å². The molecular formula is C24H19N5O. The summed E-state index contributed by atoms with van der Waals surface area (Å²) in [6.45, 7) is 3.83. The standard InChI is InChI=1S/C24H19N5O/c1-15-10-12-18(13-11-15)26-24(30)22-16(2)29-23(28-27-22)21(14-25-29)20-9-5-7-17-6-3-4-8-19(17)20/h3-14H,1-2H3,(H,26,30). The second kappa shape index (κ2) is 7.08. The SMILES string of the molecule is Cc1ccc(NC(=O)c2nnc3c(-c4cccc5ccccc45)cnn3c2C)cc1. The molecule has 0 spiro atoms. The van der Waals surface area contributed by atoms with E-state index in [1.165, 1.54) is 0 Å². The van der Waals surface area contributed by atoms with Gasteiger partial charge in [-0.3, -0.25) is 4.79 Å². The van der Waals surface area contributed by atoms with Crippen molar-refractivity contribution in [1.29, 1.82) is 0 Å². The monoisotopic (exact) mass is 393 g/mol. The Morgan fingerprint density at radius 3 is 2.47 bits per heavy atom. The van der Waals surface area contributed by atoms with Crippen LogP contribution in [0.15, 0.2) is 72.9 Å². The molecule has 0 bridgehead atoms. The molecule has 30 heavy (non-hydrogen) atoms. The Balaban J connectivity index is 1.56. The van der Waals surface area contributed by atoms with Crippen molar-refractivity contribution < 1.29 is 4.79 Å². The number of carbonyl (C=O) groups is 1. The van der Waals surface area contributed by atoms with Crippen molar-refractivity contribution in [3.05, 3.63) is 89.9 Å². The van der Waals surface area contributed by atoms with Crippen molar-refractivity contribution in [2.45, 2.75) is 13.8 Å². The fourth-order valence-corrected chi connectivity index (χ4v) is 3.64. The topological polar surface area (TPSA) is 72.2 Å². The lowest BCUT2D eigenvalue weighted by Crippen LogP contribution is -2.18. The van der Waals surface area contributed by atoms with Crippen LogP contribution in [-0.2, 0) is 0 Å². The smallest absolute Gasteiger partial charge is 0.278 e. The summed E-state index contributed by atoms with van der Waals surface area (Å²) in [5.74, 6) is -0.312. The molecule has 0 atom stereocenters. The van der Waals surface area contributed by atoms with Crippen LogP contribution in [0.3, 0.4) is 0 Å². The number of hydrogen-bond donors (Lipinski definition) is 1. The van der Waals surface area contributed by atoms with Gasteiger partial charge in [0.2, 0.25) is 0 Å². The van der Waals surface area contributed by atoms with E-state index >= 15 is 0 Å². The predicted octanol–water partition coefficient (Wildman–Crippen LogP) is 4.81. The number of rotatable bonds is 3. The van der Waals surface area contributed by atoms with E-state index in [4.69, 9.17) is 0 Å². The van der Waals surface area contributed by atoms with Crippen molar-refractivity contribution in [2.24, 2.45) is 0 Å². The van der Waals surface area contributed by atoms with Gasteiger partial charge in [-0.05, 0) is 42.3 Å². The summed E-state index contributed by atoms with van der Waals surface area (Å²) in [6.07, 6.45) is 1.78. The minimum Gasteiger partial charge on any atom is -0.321 e. The molecule has 2 heterocycles. The van der Waals surface area contributed by atoms with Crippen LogP contribution < -0.4 is 5.32 Å². The zero-order chi connectivity index (χ0) is 20.7. The van der Waals surface area contributed by atoms with Crippen molar-refractivity contribution in [1.82, 2.24) is 19.8 Å². The predicted molar refractivity (Wildman–Crippen MR) is 118 cm³/mol. The number of fused-ring (bicyclic) bond motifs is 2. The Labute approximate surface area is 173 Å². The number of anilines is 1. The average molecular weight is 393 g/mol. The maximum absolute atomic E-state index is 12.8. The summed E-state index contributed by atoms with van der Waals surface area (Å²) >= 11 is 0. The first-order valence-electron chi connectivity index (χ1n) is 9.69. The first-order valence-corrected chi connectivity index (χ1v) is 9.69. The molecule has 0 radical (unpaired) electrons. The van der Waals surface area contributed by atoms with Crippen LogP contribution in [0, 0.1) is 13.8 Å². The van der Waals surface area contributed by atoms with Crippen molar-refractivity contribution in [3.8, 4) is 11.1 Å². The maximum atomic E-state index is 12.8. The summed E-state index contributed by atoms with van der Waals surface area (Å²) in [7, 11) is 0. The van der Waals surface area contributed by atoms with Gasteiger partial charge < -0.3 is 5.32 Å². The third kappa shape index (κ3) is 2.99. The highest BCUT2D eigenvalue weighted by molar-refractivity contribution is 6.04. The van der Waals surface area contributed by atoms with Gasteiger partial charge in [0.25, 0.3) is 5.91 Å². The fourth-order valence-electron chi connectivity index (χ4n) is 3.64. The molecule has 1 N–H and O–H groups in total. The fraction of sp³-hybridized carbons (Fsp3) is 0.0833. The molecule has 6 nitrogen and oxygen atoms in total. The lowest BCUT2D eigenvalue weighted by Gasteiger charge is -2.08. The zero-order valence-electron chi connectivity index (χ0n) is 16.6. The molecule has 3 aromatic carbocycles. The number of nitrogens with one attached hydrogen (secondary N) is 1. The van der Waals surface area contributed by atoms with Crippen LogP contribution in [0.2, 0.25) is 0 Å². The Hall–Kier alpha value is -4.06. The Kier molecular flexibility index (Phi) is 4.25. The van der Waals surface area contributed by atoms with E-state index in [9.17, 15) is 4.79 Å². The van der Waals surface area contributed by atoms with Crippen LogP contribution in [0.5, 0.6) is 0 Å². The highest BCUT2D eigenvalue weighted by Gasteiger charge is 2.19. The number of benzene rings is 3. The number of amides is 1. The second-order valence-electron chi connectivity index (χ2n) is 7.27. The molecule has 0 aliphatic heterocycles. The summed E-state index contributed by atoms with van der Waals surface area (Å²) in [5.41, 5.74) is 5.26. The lowest BCUT2D eigenvalue weighted by atomic mass is 10.0. The van der Waals surface area contributed by atoms with E-state index in [0.29, 0.717) is 17.0 Å². The van der Waals surface area contributed by atoms with Gasteiger partial charge in [-0.15, -0.1) is 10.2 Å². The molecule has 0 saturated heterocycles. The minimum atomic E-state index is -0.312. The normalized spacial score (nSPS) is 11.1. The maximum Gasteiger partial charge on any atom is 0.278 e. The molecule has 0 unspecified atom stereocenters. The molecule has 6 heteroatoms. The lowest BCUT2D eigenvalue weighted by molar-refractivity contribution is 0.102. The molecule has 2 aromatic heterocycles. The third-order valence-electron chi connectivity index (χ3n) is 5.25. The molecule has 0 aliphatic carbocycles. The molecule has 0 saturated carbocycles. The van der Waals surface area contributed by atoms with E-state index in [1.807, 2.05) is 62.4 Å². The molecule has 1 amide bonds. The summed E-state index contributed by atoms with van der Waals surface area (Å²) < 4.78 is 1.67. The van der Waals surface area contributed by atoms with Crippen molar-refractivity contribution in [3.63, 3.8) is 0 Å². The molecule has 0 fully saturated rings. The van der Waals surface area contributed by atoms with E-state index in [1.54, 1.807) is 10.7 Å². The van der Waals surface area contributed by atoms with E-state index in [0.717, 1.165) is 27.5 Å². The Morgan fingerprint density at radius 1 is 0.867 bits per heavy atom. The number of aryl methyl sites for hydroxylation is 2. The van der Waals surface area contributed by atoms with E-state index < -0.39 is 0 Å². The zero-order valence-corrected chi connectivity index (χ0v) is 16.6. The van der Waals surface area contributed by atoms with Crippen molar-refractivity contribution >= 4 is 28.0 Å². The number of carbonyl (C=O) groups excluding carboxylic acids is 1. The molecule has 5 rings (SSSR count). The minimum absolute atomic E-state index is 0.246. The largest absolute Gasteiger partial charge is 0.321 e. The third-order valence-corrected chi connectivity index (χ3v) is 5.25. The highest BCUT2D eigenvalue weighted by atomic mass is 16.2.